The minimum atomic E-state index is -1.63. The van der Waals surface area contributed by atoms with Gasteiger partial charge in [-0.2, -0.15) is 4.98 Å². The fraction of sp³-hybridized carbons (Fsp3) is 0.442. The summed E-state index contributed by atoms with van der Waals surface area (Å²) in [5.74, 6) is 2.45. The van der Waals surface area contributed by atoms with Crippen molar-refractivity contribution in [2.24, 2.45) is 4.99 Å². The van der Waals surface area contributed by atoms with Crippen molar-refractivity contribution in [3.8, 4) is 11.5 Å². The van der Waals surface area contributed by atoms with Crippen LogP contribution in [0.25, 0.3) is 4.85 Å². The Labute approximate surface area is 342 Å². The first-order valence-corrected chi connectivity index (χ1v) is 20.6. The third kappa shape index (κ3) is 9.76. The van der Waals surface area contributed by atoms with Gasteiger partial charge in [-0.3, -0.25) is 14.4 Å². The molecule has 2 aliphatic heterocycles. The molecule has 4 atom stereocenters. The van der Waals surface area contributed by atoms with Crippen LogP contribution in [0.1, 0.15) is 42.2 Å². The lowest BCUT2D eigenvalue weighted by Gasteiger charge is -2.38. The van der Waals surface area contributed by atoms with Crippen LogP contribution in [0.5, 0.6) is 11.5 Å². The first-order chi connectivity index (χ1) is 28.1. The van der Waals surface area contributed by atoms with E-state index in [9.17, 15) is 4.79 Å². The number of aliphatic imine (C=N–C) groups is 1. The molecule has 4 aromatic rings. The maximum atomic E-state index is 13.7. The van der Waals surface area contributed by atoms with E-state index >= 15 is 0 Å². The molecule has 0 aliphatic carbocycles. The molecular weight excluding hydrogens is 757 g/mol. The Bertz CT molecular complexity index is 2000. The molecule has 15 heteroatoms. The summed E-state index contributed by atoms with van der Waals surface area (Å²) >= 11 is 0. The third-order valence-corrected chi connectivity index (χ3v) is 12.5. The second-order valence-corrected chi connectivity index (χ2v) is 16.1. The average Bonchev–Trinajstić information content (AvgIpc) is 3.83. The highest BCUT2D eigenvalue weighted by Crippen LogP contribution is 2.50. The average molecular weight is 812 g/mol. The van der Waals surface area contributed by atoms with E-state index in [1.165, 1.54) is 4.57 Å². The lowest BCUT2D eigenvalue weighted by Crippen LogP contribution is -2.42. The van der Waals surface area contributed by atoms with Crippen LogP contribution in [0.15, 0.2) is 101 Å². The number of hydrogen-bond acceptors (Lipinski definition) is 11. The van der Waals surface area contributed by atoms with Gasteiger partial charge in [0.05, 0.1) is 26.9 Å². The van der Waals surface area contributed by atoms with E-state index < -0.39 is 38.1 Å². The lowest BCUT2D eigenvalue weighted by molar-refractivity contribution is -0.0922. The number of hydrogen-bond donors (Lipinski definition) is 0. The first-order valence-electron chi connectivity index (χ1n) is 19.3. The molecule has 3 heterocycles. The summed E-state index contributed by atoms with van der Waals surface area (Å²) < 4.78 is 40.0. The third-order valence-electron chi connectivity index (χ3n) is 10.3. The molecule has 0 saturated carbocycles. The molecule has 0 bridgehead atoms. The molecule has 0 radical (unpaired) electrons. The molecule has 2 saturated heterocycles. The van der Waals surface area contributed by atoms with Gasteiger partial charge < -0.3 is 37.7 Å². The van der Waals surface area contributed by atoms with Crippen molar-refractivity contribution in [2.45, 2.75) is 49.2 Å². The van der Waals surface area contributed by atoms with Crippen LogP contribution in [-0.2, 0) is 24.1 Å². The summed E-state index contributed by atoms with van der Waals surface area (Å²) in [6.45, 7) is 8.76. The topological polar surface area (TPSA) is 117 Å². The molecule has 0 amide bonds. The maximum Gasteiger partial charge on any atom is 0.351 e. The van der Waals surface area contributed by atoms with Crippen molar-refractivity contribution in [3.63, 3.8) is 0 Å². The van der Waals surface area contributed by atoms with Crippen LogP contribution in [0.3, 0.4) is 0 Å². The number of benzene rings is 3. The highest BCUT2D eigenvalue weighted by atomic mass is 31.2. The number of methoxy groups -OCH3 is 2. The predicted octanol–water partition coefficient (Wildman–Crippen LogP) is 6.35. The number of nitrogens with zero attached hydrogens (tertiary/aromatic N) is 7. The molecule has 1 aromatic heterocycles. The van der Waals surface area contributed by atoms with E-state index in [0.717, 1.165) is 41.9 Å². The summed E-state index contributed by atoms with van der Waals surface area (Å²) in [7, 11) is 11.5. The molecular formula is C43H54N7O7P. The van der Waals surface area contributed by atoms with Gasteiger partial charge in [0.25, 0.3) is 0 Å². The van der Waals surface area contributed by atoms with Gasteiger partial charge in [0.2, 0.25) is 14.9 Å². The molecule has 0 N–H and O–H groups in total. The molecule has 6 rings (SSSR count). The van der Waals surface area contributed by atoms with Crippen LogP contribution in [0, 0.1) is 6.57 Å². The summed E-state index contributed by atoms with van der Waals surface area (Å²) in [5, 5.41) is 0. The SMILES string of the molecule is [C-]#[N+]CCOP(O[C@@H]1C[C@H](n2ccc(N=C3CCCN3C)nc2=O)O[C@@H]1COC(c1ccccc1)(c1ccc(OC)cc1)c1ccc(OC)cc1)C(N(C)C)N(C)C. The molecule has 308 valence electrons. The lowest BCUT2D eigenvalue weighted by atomic mass is 9.80. The highest BCUT2D eigenvalue weighted by Gasteiger charge is 2.45. The molecule has 1 unspecified atom stereocenters. The van der Waals surface area contributed by atoms with Gasteiger partial charge in [-0.15, -0.1) is 0 Å². The van der Waals surface area contributed by atoms with Crippen molar-refractivity contribution in [1.29, 1.82) is 0 Å². The monoisotopic (exact) mass is 811 g/mol. The Balaban J connectivity index is 1.40. The zero-order valence-electron chi connectivity index (χ0n) is 34.4. The smallest absolute Gasteiger partial charge is 0.351 e. The van der Waals surface area contributed by atoms with Gasteiger partial charge in [0.15, 0.2) is 5.82 Å². The summed E-state index contributed by atoms with van der Waals surface area (Å²) in [4.78, 5) is 32.4. The van der Waals surface area contributed by atoms with E-state index in [1.807, 2.05) is 124 Å². The molecule has 58 heavy (non-hydrogen) atoms. The fourth-order valence-corrected chi connectivity index (χ4v) is 9.27. The number of likely N-dealkylation sites (tertiary alicyclic amines) is 1. The Kier molecular flexibility index (Phi) is 14.7. The van der Waals surface area contributed by atoms with E-state index in [1.54, 1.807) is 26.5 Å². The second kappa shape index (κ2) is 19.8. The van der Waals surface area contributed by atoms with Crippen molar-refractivity contribution in [1.82, 2.24) is 24.3 Å². The minimum absolute atomic E-state index is 0.0637. The zero-order chi connectivity index (χ0) is 41.2. The Morgan fingerprint density at radius 2 is 1.57 bits per heavy atom. The molecule has 2 fully saturated rings. The van der Waals surface area contributed by atoms with Crippen molar-refractivity contribution in [3.05, 3.63) is 130 Å². The standard InChI is InChI=1S/C43H54N7O7P/c1-44-25-28-55-58(42(47(2)3)48(4)5)57-36-29-40(50-27-24-38(46-41(50)51)45-39-15-12-26-49(39)6)56-37(36)30-54-43(31-13-10-9-11-14-31,32-16-20-34(52-7)21-17-32)33-18-22-35(53-8)23-19-33/h9-11,13-14,16-24,27,36-37,40,42H,12,15,25-26,28-30H2,2-8H3/t36-,37-,40-,58?/m1/s1. The largest absolute Gasteiger partial charge is 0.497 e. The fourth-order valence-electron chi connectivity index (χ4n) is 7.47. The van der Waals surface area contributed by atoms with Gasteiger partial charge >= 0.3 is 5.69 Å². The van der Waals surface area contributed by atoms with Gasteiger partial charge in [-0.05, 0) is 81.6 Å². The molecule has 2 aliphatic rings. The Morgan fingerprint density at radius 1 is 0.948 bits per heavy atom. The van der Waals surface area contributed by atoms with Crippen LogP contribution < -0.4 is 15.2 Å². The van der Waals surface area contributed by atoms with Crippen molar-refractivity contribution >= 4 is 20.0 Å². The number of amidine groups is 1. The molecule has 3 aromatic carbocycles. The van der Waals surface area contributed by atoms with Gasteiger partial charge in [-0.25, -0.2) is 16.4 Å². The van der Waals surface area contributed by atoms with Crippen LogP contribution >= 0.6 is 8.38 Å². The molecule has 14 nitrogen and oxygen atoms in total. The zero-order valence-corrected chi connectivity index (χ0v) is 35.2. The van der Waals surface area contributed by atoms with Crippen molar-refractivity contribution in [2.75, 3.05) is 75.8 Å². The Hall–Kier alpha value is -4.71. The normalized spacial score (nSPS) is 19.6. The van der Waals surface area contributed by atoms with E-state index in [0.29, 0.717) is 23.7 Å². The van der Waals surface area contributed by atoms with Crippen LogP contribution in [0.4, 0.5) is 5.82 Å². The quantitative estimate of drug-likeness (QED) is 0.0368. The Morgan fingerprint density at radius 3 is 2.10 bits per heavy atom. The second-order valence-electron chi connectivity index (χ2n) is 14.6. The van der Waals surface area contributed by atoms with Gasteiger partial charge in [0, 0.05) is 32.6 Å². The van der Waals surface area contributed by atoms with Gasteiger partial charge in [-0.1, -0.05) is 54.6 Å². The van der Waals surface area contributed by atoms with Gasteiger partial charge in [0.1, 0.15) is 47.8 Å². The highest BCUT2D eigenvalue weighted by molar-refractivity contribution is 7.47. The van der Waals surface area contributed by atoms with E-state index in [-0.39, 0.29) is 25.7 Å². The van der Waals surface area contributed by atoms with E-state index in [2.05, 4.69) is 19.7 Å². The van der Waals surface area contributed by atoms with Crippen LogP contribution in [0.2, 0.25) is 0 Å². The van der Waals surface area contributed by atoms with Crippen LogP contribution in [-0.4, -0.2) is 124 Å². The van der Waals surface area contributed by atoms with Crippen molar-refractivity contribution < 1.29 is 28.0 Å². The summed E-state index contributed by atoms with van der Waals surface area (Å²) in [6.07, 6.45) is 1.90. The minimum Gasteiger partial charge on any atom is -0.497 e. The number of aromatic nitrogens is 2. The van der Waals surface area contributed by atoms with E-state index in [4.69, 9.17) is 34.6 Å². The summed E-state index contributed by atoms with van der Waals surface area (Å²) in [6, 6.07) is 27.5. The predicted molar refractivity (Wildman–Crippen MR) is 225 cm³/mol. The summed E-state index contributed by atoms with van der Waals surface area (Å²) in [5.41, 5.74) is 1.04. The first kappa shape index (κ1) is 42.9. The number of rotatable bonds is 18. The number of ether oxygens (including phenoxy) is 4. The molecule has 0 spiro atoms. The maximum absolute atomic E-state index is 13.7.